The molecule has 0 aliphatic rings. The topological polar surface area (TPSA) is 48.7 Å². The van der Waals surface area contributed by atoms with E-state index in [0.717, 1.165) is 17.2 Å². The van der Waals surface area contributed by atoms with E-state index in [4.69, 9.17) is 16.9 Å². The van der Waals surface area contributed by atoms with Gasteiger partial charge in [-0.2, -0.15) is 5.26 Å². The van der Waals surface area contributed by atoms with E-state index < -0.39 is 5.54 Å². The van der Waals surface area contributed by atoms with Crippen LogP contribution in [-0.2, 0) is 0 Å². The van der Waals surface area contributed by atoms with Gasteiger partial charge in [0.05, 0.1) is 16.1 Å². The van der Waals surface area contributed by atoms with Crippen molar-refractivity contribution in [2.24, 2.45) is 0 Å². The van der Waals surface area contributed by atoms with E-state index in [1.807, 2.05) is 19.1 Å². The first-order valence-corrected chi connectivity index (χ1v) is 6.30. The van der Waals surface area contributed by atoms with Crippen LogP contribution in [0, 0.1) is 11.3 Å². The molecular formula is C11H14ClN3S. The van der Waals surface area contributed by atoms with Crippen molar-refractivity contribution in [2.75, 3.05) is 12.8 Å². The zero-order valence-electron chi connectivity index (χ0n) is 9.33. The number of nitrogens with zero attached hydrogens (tertiary/aromatic N) is 2. The maximum atomic E-state index is 8.96. The summed E-state index contributed by atoms with van der Waals surface area (Å²) in [7, 11) is 1.80. The highest BCUT2D eigenvalue weighted by Crippen LogP contribution is 2.20. The highest BCUT2D eigenvalue weighted by molar-refractivity contribution is 7.99. The monoisotopic (exact) mass is 255 g/mol. The van der Waals surface area contributed by atoms with Gasteiger partial charge in [-0.05, 0) is 32.5 Å². The van der Waals surface area contributed by atoms with Crippen LogP contribution in [-0.4, -0.2) is 23.3 Å². The molecule has 1 atom stereocenters. The first kappa shape index (κ1) is 13.3. The summed E-state index contributed by atoms with van der Waals surface area (Å²) in [4.78, 5) is 4.18. The molecule has 0 spiro atoms. The SMILES string of the molecule is CNC(C)(C#N)CCSc1ccc(Cl)cn1. The molecule has 0 fully saturated rings. The van der Waals surface area contributed by atoms with Crippen molar-refractivity contribution < 1.29 is 0 Å². The van der Waals surface area contributed by atoms with E-state index in [-0.39, 0.29) is 0 Å². The van der Waals surface area contributed by atoms with Crippen LogP contribution < -0.4 is 5.32 Å². The van der Waals surface area contributed by atoms with Crippen molar-refractivity contribution in [1.29, 1.82) is 5.26 Å². The van der Waals surface area contributed by atoms with E-state index >= 15 is 0 Å². The van der Waals surface area contributed by atoms with Crippen LogP contribution in [0.1, 0.15) is 13.3 Å². The molecule has 0 aliphatic carbocycles. The standard InChI is InChI=1S/C11H14ClN3S/c1-11(8-13,14-2)5-6-16-10-4-3-9(12)7-15-10/h3-4,7,14H,5-6H2,1-2H3. The molecule has 16 heavy (non-hydrogen) atoms. The average molecular weight is 256 g/mol. The number of hydrogen-bond donors (Lipinski definition) is 1. The zero-order valence-corrected chi connectivity index (χ0v) is 10.9. The molecule has 5 heteroatoms. The van der Waals surface area contributed by atoms with Crippen molar-refractivity contribution >= 4 is 23.4 Å². The lowest BCUT2D eigenvalue weighted by molar-refractivity contribution is 0.479. The summed E-state index contributed by atoms with van der Waals surface area (Å²) in [5, 5.41) is 13.5. The lowest BCUT2D eigenvalue weighted by Crippen LogP contribution is -2.38. The Kier molecular flexibility index (Phi) is 5.07. The predicted octanol–water partition coefficient (Wildman–Crippen LogP) is 2.72. The van der Waals surface area contributed by atoms with E-state index in [2.05, 4.69) is 16.4 Å². The summed E-state index contributed by atoms with van der Waals surface area (Å²) in [5.41, 5.74) is -0.459. The minimum atomic E-state index is -0.459. The lowest BCUT2D eigenvalue weighted by atomic mass is 10.0. The first-order valence-electron chi connectivity index (χ1n) is 4.94. The second-order valence-electron chi connectivity index (χ2n) is 3.61. The van der Waals surface area contributed by atoms with Crippen LogP contribution in [0.15, 0.2) is 23.4 Å². The summed E-state index contributed by atoms with van der Waals surface area (Å²) in [6.45, 7) is 1.89. The molecule has 1 unspecified atom stereocenters. The van der Waals surface area contributed by atoms with Gasteiger partial charge in [0.2, 0.25) is 0 Å². The summed E-state index contributed by atoms with van der Waals surface area (Å²) in [6.07, 6.45) is 2.40. The van der Waals surface area contributed by atoms with Crippen molar-refractivity contribution in [3.63, 3.8) is 0 Å². The third-order valence-electron chi connectivity index (χ3n) is 2.35. The summed E-state index contributed by atoms with van der Waals surface area (Å²) in [6, 6.07) is 5.96. The van der Waals surface area contributed by atoms with Crippen molar-refractivity contribution in [3.8, 4) is 6.07 Å². The molecule has 0 saturated heterocycles. The number of rotatable bonds is 5. The smallest absolute Gasteiger partial charge is 0.104 e. The van der Waals surface area contributed by atoms with Gasteiger partial charge in [0.1, 0.15) is 5.54 Å². The van der Waals surface area contributed by atoms with Gasteiger partial charge in [-0.15, -0.1) is 11.8 Å². The molecule has 0 aliphatic heterocycles. The van der Waals surface area contributed by atoms with Crippen LogP contribution in [0.2, 0.25) is 5.02 Å². The van der Waals surface area contributed by atoms with Gasteiger partial charge in [0.25, 0.3) is 0 Å². The van der Waals surface area contributed by atoms with Crippen LogP contribution in [0.3, 0.4) is 0 Å². The number of nitrogens with one attached hydrogen (secondary N) is 1. The molecule has 0 saturated carbocycles. The molecule has 86 valence electrons. The van der Waals surface area contributed by atoms with Crippen molar-refractivity contribution in [3.05, 3.63) is 23.4 Å². The minimum Gasteiger partial charge on any atom is -0.303 e. The maximum absolute atomic E-state index is 8.96. The number of aromatic nitrogens is 1. The summed E-state index contributed by atoms with van der Waals surface area (Å²) < 4.78 is 0. The predicted molar refractivity (Wildman–Crippen MR) is 67.7 cm³/mol. The molecule has 1 N–H and O–H groups in total. The molecule has 0 bridgehead atoms. The molecule has 0 radical (unpaired) electrons. The highest BCUT2D eigenvalue weighted by atomic mass is 35.5. The fraction of sp³-hybridized carbons (Fsp3) is 0.455. The van der Waals surface area contributed by atoms with Crippen molar-refractivity contribution in [1.82, 2.24) is 10.3 Å². The van der Waals surface area contributed by atoms with E-state index in [9.17, 15) is 0 Å². The minimum absolute atomic E-state index is 0.459. The lowest BCUT2D eigenvalue weighted by Gasteiger charge is -2.19. The van der Waals surface area contributed by atoms with Crippen LogP contribution in [0.5, 0.6) is 0 Å². The molecule has 3 nitrogen and oxygen atoms in total. The second-order valence-corrected chi connectivity index (χ2v) is 5.16. The molecule has 1 aromatic heterocycles. The normalized spacial score (nSPS) is 14.1. The Morgan fingerprint density at radius 1 is 1.62 bits per heavy atom. The molecule has 0 amide bonds. The Labute approximate surface area is 105 Å². The van der Waals surface area contributed by atoms with Crippen LogP contribution >= 0.6 is 23.4 Å². The molecular weight excluding hydrogens is 242 g/mol. The third-order valence-corrected chi connectivity index (χ3v) is 3.52. The zero-order chi connectivity index (χ0) is 12.0. The van der Waals surface area contributed by atoms with Gasteiger partial charge in [0, 0.05) is 11.9 Å². The van der Waals surface area contributed by atoms with Crippen LogP contribution in [0.4, 0.5) is 0 Å². The number of hydrogen-bond acceptors (Lipinski definition) is 4. The molecule has 1 heterocycles. The fourth-order valence-corrected chi connectivity index (χ4v) is 2.17. The van der Waals surface area contributed by atoms with Gasteiger partial charge >= 0.3 is 0 Å². The number of nitriles is 1. The largest absolute Gasteiger partial charge is 0.303 e. The van der Waals surface area contributed by atoms with Gasteiger partial charge in [-0.25, -0.2) is 4.98 Å². The number of halogens is 1. The van der Waals surface area contributed by atoms with Gasteiger partial charge < -0.3 is 5.32 Å². The van der Waals surface area contributed by atoms with Gasteiger partial charge in [-0.3, -0.25) is 0 Å². The average Bonchev–Trinajstić information content (AvgIpc) is 2.31. The van der Waals surface area contributed by atoms with E-state index in [1.165, 1.54) is 0 Å². The maximum Gasteiger partial charge on any atom is 0.104 e. The number of thioether (sulfide) groups is 1. The first-order chi connectivity index (χ1) is 7.59. The molecule has 1 aromatic rings. The Hall–Kier alpha value is -0.760. The fourth-order valence-electron chi connectivity index (χ4n) is 1.04. The third kappa shape index (κ3) is 4.01. The van der Waals surface area contributed by atoms with Gasteiger partial charge in [0.15, 0.2) is 0 Å². The molecule has 1 rings (SSSR count). The summed E-state index contributed by atoms with van der Waals surface area (Å²) in [5.74, 6) is 0.847. The Morgan fingerprint density at radius 3 is 2.88 bits per heavy atom. The van der Waals surface area contributed by atoms with Crippen LogP contribution in [0.25, 0.3) is 0 Å². The van der Waals surface area contributed by atoms with Gasteiger partial charge in [-0.1, -0.05) is 11.6 Å². The second kappa shape index (κ2) is 6.09. The molecule has 0 aromatic carbocycles. The Morgan fingerprint density at radius 2 is 2.38 bits per heavy atom. The van der Waals surface area contributed by atoms with E-state index in [0.29, 0.717) is 5.02 Å². The number of pyridine rings is 1. The van der Waals surface area contributed by atoms with E-state index in [1.54, 1.807) is 25.0 Å². The summed E-state index contributed by atoms with van der Waals surface area (Å²) >= 11 is 7.36. The Bertz CT molecular complexity index is 374. The highest BCUT2D eigenvalue weighted by Gasteiger charge is 2.20. The quantitative estimate of drug-likeness (QED) is 0.822. The van der Waals surface area contributed by atoms with Crippen molar-refractivity contribution in [2.45, 2.75) is 23.9 Å². The Balaban J connectivity index is 2.42.